The molecule has 0 saturated carbocycles. The molecule has 0 radical (unpaired) electrons. The van der Waals surface area contributed by atoms with Crippen LogP contribution in [0.4, 0.5) is 0 Å². The fourth-order valence-corrected chi connectivity index (χ4v) is 4.41. The Morgan fingerprint density at radius 1 is 1.47 bits per heavy atom. The molecule has 2 aliphatic rings. The molecular formula is C10H20N2O2S. The number of hydrogen-bond donors (Lipinski definition) is 1. The minimum atomic E-state index is -2.70. The average molecular weight is 232 g/mol. The van der Waals surface area contributed by atoms with Crippen molar-refractivity contribution in [1.82, 2.24) is 10.2 Å². The molecule has 15 heavy (non-hydrogen) atoms. The van der Waals surface area contributed by atoms with Gasteiger partial charge in [-0.3, -0.25) is 0 Å². The van der Waals surface area contributed by atoms with E-state index in [9.17, 15) is 8.42 Å². The largest absolute Gasteiger partial charge is 0.312 e. The van der Waals surface area contributed by atoms with Crippen molar-refractivity contribution in [3.63, 3.8) is 0 Å². The van der Waals surface area contributed by atoms with E-state index in [1.807, 2.05) is 0 Å². The van der Waals surface area contributed by atoms with Gasteiger partial charge >= 0.3 is 0 Å². The van der Waals surface area contributed by atoms with E-state index in [2.05, 4.69) is 17.1 Å². The average Bonchev–Trinajstić information content (AvgIpc) is 2.45. The van der Waals surface area contributed by atoms with Crippen LogP contribution in [0, 0.1) is 5.92 Å². The van der Waals surface area contributed by atoms with Crippen LogP contribution in [0.25, 0.3) is 0 Å². The van der Waals surface area contributed by atoms with E-state index in [1.165, 1.54) is 0 Å². The molecule has 0 aromatic carbocycles. The van der Waals surface area contributed by atoms with Crippen LogP contribution in [0.1, 0.15) is 13.3 Å². The molecule has 2 unspecified atom stereocenters. The Balaban J connectivity index is 1.82. The van der Waals surface area contributed by atoms with Crippen LogP contribution in [-0.2, 0) is 9.84 Å². The quantitative estimate of drug-likeness (QED) is 0.711. The van der Waals surface area contributed by atoms with Gasteiger partial charge < -0.3 is 10.2 Å². The molecule has 2 rings (SSSR count). The van der Waals surface area contributed by atoms with Gasteiger partial charge in [-0.2, -0.15) is 0 Å². The topological polar surface area (TPSA) is 49.4 Å². The molecule has 2 saturated heterocycles. The third-order valence-electron chi connectivity index (χ3n) is 3.30. The highest BCUT2D eigenvalue weighted by Crippen LogP contribution is 2.19. The molecule has 0 spiro atoms. The van der Waals surface area contributed by atoms with Gasteiger partial charge in [0.15, 0.2) is 9.84 Å². The van der Waals surface area contributed by atoms with Crippen molar-refractivity contribution < 1.29 is 8.42 Å². The predicted molar refractivity (Wildman–Crippen MR) is 60.7 cm³/mol. The molecule has 0 aromatic heterocycles. The van der Waals surface area contributed by atoms with Crippen molar-refractivity contribution in [2.75, 3.05) is 37.7 Å². The number of sulfone groups is 1. The first kappa shape index (κ1) is 11.4. The van der Waals surface area contributed by atoms with Crippen molar-refractivity contribution in [2.24, 2.45) is 5.92 Å². The number of piperazine rings is 1. The third-order valence-corrected chi connectivity index (χ3v) is 5.13. The van der Waals surface area contributed by atoms with Crippen molar-refractivity contribution in [2.45, 2.75) is 19.4 Å². The Hall–Kier alpha value is -0.130. The van der Waals surface area contributed by atoms with Gasteiger partial charge in [0.25, 0.3) is 0 Å². The van der Waals surface area contributed by atoms with E-state index >= 15 is 0 Å². The molecule has 0 aliphatic carbocycles. The molecule has 88 valence electrons. The second kappa shape index (κ2) is 4.39. The van der Waals surface area contributed by atoms with Crippen LogP contribution >= 0.6 is 0 Å². The Morgan fingerprint density at radius 2 is 2.27 bits per heavy atom. The molecule has 1 N–H and O–H groups in total. The lowest BCUT2D eigenvalue weighted by molar-refractivity contribution is 0.184. The molecule has 5 heteroatoms. The Labute approximate surface area is 91.9 Å². The molecule has 0 aromatic rings. The molecule has 2 fully saturated rings. The smallest absolute Gasteiger partial charge is 0.150 e. The fraction of sp³-hybridized carbons (Fsp3) is 1.00. The van der Waals surface area contributed by atoms with Crippen LogP contribution in [0.15, 0.2) is 0 Å². The minimum Gasteiger partial charge on any atom is -0.312 e. The summed E-state index contributed by atoms with van der Waals surface area (Å²) >= 11 is 0. The van der Waals surface area contributed by atoms with Crippen LogP contribution in [0.3, 0.4) is 0 Å². The molecule has 2 aliphatic heterocycles. The molecule has 0 amide bonds. The Kier molecular flexibility index (Phi) is 3.33. The van der Waals surface area contributed by atoms with Crippen molar-refractivity contribution in [1.29, 1.82) is 0 Å². The first-order valence-electron chi connectivity index (χ1n) is 5.71. The van der Waals surface area contributed by atoms with Gasteiger partial charge in [0, 0.05) is 32.2 Å². The summed E-state index contributed by atoms with van der Waals surface area (Å²) in [6.45, 7) is 6.28. The summed E-state index contributed by atoms with van der Waals surface area (Å²) in [5, 5.41) is 3.39. The highest BCUT2D eigenvalue weighted by atomic mass is 32.2. The molecular weight excluding hydrogens is 212 g/mol. The Bertz CT molecular complexity index is 315. The van der Waals surface area contributed by atoms with Gasteiger partial charge in [-0.25, -0.2) is 8.42 Å². The van der Waals surface area contributed by atoms with Gasteiger partial charge in [-0.05, 0) is 19.3 Å². The van der Waals surface area contributed by atoms with Crippen LogP contribution in [0.5, 0.6) is 0 Å². The van der Waals surface area contributed by atoms with E-state index in [0.29, 0.717) is 23.5 Å². The van der Waals surface area contributed by atoms with Gasteiger partial charge in [-0.1, -0.05) is 0 Å². The van der Waals surface area contributed by atoms with Gasteiger partial charge in [-0.15, -0.1) is 0 Å². The van der Waals surface area contributed by atoms with Crippen molar-refractivity contribution in [3.8, 4) is 0 Å². The number of nitrogens with one attached hydrogen (secondary N) is 1. The maximum atomic E-state index is 11.3. The monoisotopic (exact) mass is 232 g/mol. The summed E-state index contributed by atoms with van der Waals surface area (Å²) in [6, 6.07) is 0.539. The second-order valence-electron chi connectivity index (χ2n) is 4.88. The van der Waals surface area contributed by atoms with Crippen LogP contribution in [-0.4, -0.2) is 57.0 Å². The zero-order valence-electron chi connectivity index (χ0n) is 9.28. The fourth-order valence-electron chi connectivity index (χ4n) is 2.56. The summed E-state index contributed by atoms with van der Waals surface area (Å²) in [5.74, 6) is 1.19. The highest BCUT2D eigenvalue weighted by Gasteiger charge is 2.29. The Morgan fingerprint density at radius 3 is 2.87 bits per heavy atom. The maximum absolute atomic E-state index is 11.3. The summed E-state index contributed by atoms with van der Waals surface area (Å²) in [7, 11) is -2.70. The SMILES string of the molecule is CC1CN(CC2CCS(=O)(=O)C2)CCN1. The van der Waals surface area contributed by atoms with Crippen molar-refractivity contribution in [3.05, 3.63) is 0 Å². The summed E-state index contributed by atoms with van der Waals surface area (Å²) in [5.41, 5.74) is 0. The molecule has 4 nitrogen and oxygen atoms in total. The lowest BCUT2D eigenvalue weighted by Crippen LogP contribution is -2.50. The number of hydrogen-bond acceptors (Lipinski definition) is 4. The lowest BCUT2D eigenvalue weighted by Gasteiger charge is -2.33. The second-order valence-corrected chi connectivity index (χ2v) is 7.11. The van der Waals surface area contributed by atoms with Gasteiger partial charge in [0.2, 0.25) is 0 Å². The lowest BCUT2D eigenvalue weighted by atomic mass is 10.1. The number of nitrogens with zero attached hydrogens (tertiary/aromatic N) is 1. The first-order valence-corrected chi connectivity index (χ1v) is 7.53. The predicted octanol–water partition coefficient (Wildman–Crippen LogP) is -0.285. The normalized spacial score (nSPS) is 36.9. The zero-order chi connectivity index (χ0) is 10.9. The van der Waals surface area contributed by atoms with E-state index < -0.39 is 9.84 Å². The van der Waals surface area contributed by atoms with Crippen LogP contribution < -0.4 is 5.32 Å². The number of rotatable bonds is 2. The third kappa shape index (κ3) is 3.16. The maximum Gasteiger partial charge on any atom is 0.150 e. The standard InChI is InChI=1S/C10H20N2O2S/c1-9-6-12(4-3-11-9)7-10-2-5-15(13,14)8-10/h9-11H,2-8H2,1H3. The van der Waals surface area contributed by atoms with Crippen molar-refractivity contribution >= 4 is 9.84 Å². The molecule has 0 bridgehead atoms. The summed E-state index contributed by atoms with van der Waals surface area (Å²) in [6.07, 6.45) is 0.862. The summed E-state index contributed by atoms with van der Waals surface area (Å²) in [4.78, 5) is 2.40. The van der Waals surface area contributed by atoms with Gasteiger partial charge in [0.05, 0.1) is 11.5 Å². The van der Waals surface area contributed by atoms with E-state index in [0.717, 1.165) is 32.6 Å². The van der Waals surface area contributed by atoms with E-state index in [4.69, 9.17) is 0 Å². The highest BCUT2D eigenvalue weighted by molar-refractivity contribution is 7.91. The van der Waals surface area contributed by atoms with E-state index in [1.54, 1.807) is 0 Å². The van der Waals surface area contributed by atoms with E-state index in [-0.39, 0.29) is 0 Å². The summed E-state index contributed by atoms with van der Waals surface area (Å²) < 4.78 is 22.6. The molecule has 2 heterocycles. The molecule has 2 atom stereocenters. The minimum absolute atomic E-state index is 0.375. The van der Waals surface area contributed by atoms with Crippen LogP contribution in [0.2, 0.25) is 0 Å². The van der Waals surface area contributed by atoms with Gasteiger partial charge in [0.1, 0.15) is 0 Å². The zero-order valence-corrected chi connectivity index (χ0v) is 10.1. The first-order chi connectivity index (χ1) is 7.05.